The van der Waals surface area contributed by atoms with Crippen molar-refractivity contribution >= 4 is 27.5 Å². The summed E-state index contributed by atoms with van der Waals surface area (Å²) in [6.45, 7) is 3.65. The first kappa shape index (κ1) is 16.2. The van der Waals surface area contributed by atoms with Crippen LogP contribution in [0.2, 0.25) is 5.02 Å². The van der Waals surface area contributed by atoms with Gasteiger partial charge in [-0.25, -0.2) is 9.37 Å². The minimum Gasteiger partial charge on any atom is -0.437 e. The van der Waals surface area contributed by atoms with Gasteiger partial charge in [0.2, 0.25) is 5.88 Å². The van der Waals surface area contributed by atoms with E-state index in [0.717, 1.165) is 18.5 Å². The van der Waals surface area contributed by atoms with E-state index in [1.54, 1.807) is 6.20 Å². The maximum atomic E-state index is 13.5. The minimum atomic E-state index is -0.531. The normalized spacial score (nSPS) is 10.7. The zero-order chi connectivity index (χ0) is 15.2. The van der Waals surface area contributed by atoms with Crippen LogP contribution in [0.3, 0.4) is 0 Å². The van der Waals surface area contributed by atoms with Crippen molar-refractivity contribution in [1.29, 1.82) is 0 Å². The van der Waals surface area contributed by atoms with E-state index in [1.165, 1.54) is 12.1 Å². The number of nitrogens with zero attached hydrogens (tertiary/aromatic N) is 1. The van der Waals surface area contributed by atoms with E-state index in [9.17, 15) is 4.39 Å². The largest absolute Gasteiger partial charge is 0.437 e. The van der Waals surface area contributed by atoms with Crippen LogP contribution in [0.25, 0.3) is 0 Å². The predicted molar refractivity (Wildman–Crippen MR) is 85.4 cm³/mol. The Balaban J connectivity index is 2.21. The van der Waals surface area contributed by atoms with E-state index >= 15 is 0 Å². The highest BCUT2D eigenvalue weighted by Gasteiger charge is 2.12. The molecule has 0 unspecified atom stereocenters. The molecule has 0 aliphatic rings. The van der Waals surface area contributed by atoms with E-state index in [1.807, 2.05) is 12.1 Å². The number of rotatable bonds is 6. The Labute approximate surface area is 136 Å². The molecular weight excluding hydrogens is 359 g/mol. The fourth-order valence-electron chi connectivity index (χ4n) is 1.74. The van der Waals surface area contributed by atoms with Crippen LogP contribution in [-0.2, 0) is 6.54 Å². The van der Waals surface area contributed by atoms with Gasteiger partial charge >= 0.3 is 0 Å². The SMILES string of the molecule is CCCNCc1cccnc1Oc1cc(F)c(Cl)cc1Br. The smallest absolute Gasteiger partial charge is 0.223 e. The number of aromatic nitrogens is 1. The molecule has 21 heavy (non-hydrogen) atoms. The molecule has 3 nitrogen and oxygen atoms in total. The number of hydrogen-bond acceptors (Lipinski definition) is 3. The van der Waals surface area contributed by atoms with Crippen molar-refractivity contribution in [3.05, 3.63) is 51.3 Å². The summed E-state index contributed by atoms with van der Waals surface area (Å²) in [6.07, 6.45) is 2.68. The Bertz CT molecular complexity index is 625. The summed E-state index contributed by atoms with van der Waals surface area (Å²) in [6, 6.07) is 6.47. The Morgan fingerprint density at radius 1 is 1.43 bits per heavy atom. The monoisotopic (exact) mass is 372 g/mol. The zero-order valence-corrected chi connectivity index (χ0v) is 13.8. The van der Waals surface area contributed by atoms with Crippen molar-refractivity contribution in [2.45, 2.75) is 19.9 Å². The summed E-state index contributed by atoms with van der Waals surface area (Å²) < 4.78 is 19.8. The molecule has 0 spiro atoms. The van der Waals surface area contributed by atoms with Gasteiger partial charge in [-0.05, 0) is 41.0 Å². The molecule has 2 aromatic rings. The Morgan fingerprint density at radius 2 is 2.24 bits per heavy atom. The lowest BCUT2D eigenvalue weighted by molar-refractivity contribution is 0.446. The Hall–Kier alpha value is -1.17. The molecule has 1 aromatic carbocycles. The molecule has 0 radical (unpaired) electrons. The van der Waals surface area contributed by atoms with Crippen molar-refractivity contribution in [2.75, 3.05) is 6.54 Å². The van der Waals surface area contributed by atoms with E-state index in [-0.39, 0.29) is 5.02 Å². The highest BCUT2D eigenvalue weighted by atomic mass is 79.9. The average molecular weight is 374 g/mol. The topological polar surface area (TPSA) is 34.2 Å². The van der Waals surface area contributed by atoms with Gasteiger partial charge < -0.3 is 10.1 Å². The summed E-state index contributed by atoms with van der Waals surface area (Å²) in [7, 11) is 0. The van der Waals surface area contributed by atoms with Crippen LogP contribution in [0.5, 0.6) is 11.6 Å². The number of nitrogens with one attached hydrogen (secondary N) is 1. The number of benzene rings is 1. The third-order valence-electron chi connectivity index (χ3n) is 2.77. The molecule has 112 valence electrons. The summed E-state index contributed by atoms with van der Waals surface area (Å²) in [4.78, 5) is 4.21. The van der Waals surface area contributed by atoms with Gasteiger partial charge in [-0.1, -0.05) is 24.6 Å². The second kappa shape index (κ2) is 7.73. The first-order valence-corrected chi connectivity index (χ1v) is 7.76. The molecule has 1 heterocycles. The van der Waals surface area contributed by atoms with E-state index < -0.39 is 5.82 Å². The molecular formula is C15H15BrClFN2O. The Kier molecular flexibility index (Phi) is 5.96. The second-order valence-electron chi connectivity index (χ2n) is 4.44. The standard InChI is InChI=1S/C15H15BrClFN2O/c1-2-5-19-9-10-4-3-6-20-15(10)21-14-8-13(18)12(17)7-11(14)16/h3-4,6-8,19H,2,5,9H2,1H3. The van der Waals surface area contributed by atoms with Crippen LogP contribution in [0, 0.1) is 5.82 Å². The molecule has 0 aliphatic heterocycles. The van der Waals surface area contributed by atoms with Gasteiger partial charge in [0.1, 0.15) is 11.6 Å². The van der Waals surface area contributed by atoms with Crippen LogP contribution >= 0.6 is 27.5 Å². The van der Waals surface area contributed by atoms with Crippen molar-refractivity contribution < 1.29 is 9.13 Å². The lowest BCUT2D eigenvalue weighted by Crippen LogP contribution is -2.14. The van der Waals surface area contributed by atoms with Gasteiger partial charge in [-0.2, -0.15) is 0 Å². The van der Waals surface area contributed by atoms with Crippen LogP contribution < -0.4 is 10.1 Å². The van der Waals surface area contributed by atoms with Crippen LogP contribution in [-0.4, -0.2) is 11.5 Å². The number of hydrogen-bond donors (Lipinski definition) is 1. The van der Waals surface area contributed by atoms with Crippen molar-refractivity contribution in [1.82, 2.24) is 10.3 Å². The van der Waals surface area contributed by atoms with Crippen molar-refractivity contribution in [3.8, 4) is 11.6 Å². The summed E-state index contributed by atoms with van der Waals surface area (Å²) >= 11 is 9.03. The maximum Gasteiger partial charge on any atom is 0.223 e. The minimum absolute atomic E-state index is 0.0417. The van der Waals surface area contributed by atoms with E-state index in [4.69, 9.17) is 16.3 Å². The highest BCUT2D eigenvalue weighted by molar-refractivity contribution is 9.10. The molecule has 0 aliphatic carbocycles. The fraction of sp³-hybridized carbons (Fsp3) is 0.267. The molecule has 0 saturated carbocycles. The second-order valence-corrected chi connectivity index (χ2v) is 5.70. The zero-order valence-electron chi connectivity index (χ0n) is 11.5. The van der Waals surface area contributed by atoms with Crippen LogP contribution in [0.1, 0.15) is 18.9 Å². The summed E-state index contributed by atoms with van der Waals surface area (Å²) in [5.74, 6) is 0.257. The van der Waals surface area contributed by atoms with Crippen molar-refractivity contribution in [3.63, 3.8) is 0 Å². The quantitative estimate of drug-likeness (QED) is 0.576. The molecule has 0 fully saturated rings. The number of pyridine rings is 1. The van der Waals surface area contributed by atoms with E-state index in [0.29, 0.717) is 22.6 Å². The van der Waals surface area contributed by atoms with Gasteiger partial charge in [0.15, 0.2) is 0 Å². The molecule has 0 amide bonds. The number of halogens is 3. The number of ether oxygens (including phenoxy) is 1. The molecule has 6 heteroatoms. The molecule has 2 rings (SSSR count). The fourth-order valence-corrected chi connectivity index (χ4v) is 2.46. The molecule has 0 bridgehead atoms. The predicted octanol–water partition coefficient (Wildman–Crippen LogP) is 4.93. The maximum absolute atomic E-state index is 13.5. The van der Waals surface area contributed by atoms with Crippen LogP contribution in [0.4, 0.5) is 4.39 Å². The molecule has 1 N–H and O–H groups in total. The molecule has 0 saturated heterocycles. The van der Waals surface area contributed by atoms with E-state index in [2.05, 4.69) is 33.2 Å². The van der Waals surface area contributed by atoms with Crippen molar-refractivity contribution in [2.24, 2.45) is 0 Å². The Morgan fingerprint density at radius 3 is 3.00 bits per heavy atom. The third kappa shape index (κ3) is 4.40. The lowest BCUT2D eigenvalue weighted by atomic mass is 10.2. The van der Waals surface area contributed by atoms with Gasteiger partial charge in [0.05, 0.1) is 9.50 Å². The van der Waals surface area contributed by atoms with Gasteiger partial charge in [-0.3, -0.25) is 0 Å². The first-order valence-electron chi connectivity index (χ1n) is 6.58. The summed E-state index contributed by atoms with van der Waals surface area (Å²) in [5.41, 5.74) is 0.910. The van der Waals surface area contributed by atoms with Gasteiger partial charge in [0.25, 0.3) is 0 Å². The third-order valence-corrected chi connectivity index (χ3v) is 3.68. The lowest BCUT2D eigenvalue weighted by Gasteiger charge is -2.12. The summed E-state index contributed by atoms with van der Waals surface area (Å²) in [5, 5.41) is 3.33. The van der Waals surface area contributed by atoms with Crippen LogP contribution in [0.15, 0.2) is 34.9 Å². The average Bonchev–Trinajstić information content (AvgIpc) is 2.47. The first-order chi connectivity index (χ1) is 10.1. The van der Waals surface area contributed by atoms with Gasteiger partial charge in [0, 0.05) is 24.4 Å². The van der Waals surface area contributed by atoms with Gasteiger partial charge in [-0.15, -0.1) is 0 Å². The molecule has 0 atom stereocenters. The molecule has 1 aromatic heterocycles. The highest BCUT2D eigenvalue weighted by Crippen LogP contribution is 2.34.